The summed E-state index contributed by atoms with van der Waals surface area (Å²) < 4.78 is 0. The number of aromatic carboxylic acids is 1. The number of carboxylic acids is 1. The van der Waals surface area contributed by atoms with Gasteiger partial charge in [-0.15, -0.1) is 23.2 Å². The molecule has 1 aromatic heterocycles. The Bertz CT molecular complexity index is 799. The molecule has 1 aromatic rings. The number of thiophene rings is 1. The first kappa shape index (κ1) is 21.9. The fourth-order valence-corrected chi connectivity index (χ4v) is 3.72. The molecule has 0 spiro atoms. The normalized spacial score (nSPS) is 19.2. The van der Waals surface area contributed by atoms with E-state index in [1.165, 1.54) is 11.3 Å². The van der Waals surface area contributed by atoms with Crippen molar-refractivity contribution in [3.05, 3.63) is 40.1 Å². The zero-order valence-corrected chi connectivity index (χ0v) is 17.1. The monoisotopic (exact) mass is 401 g/mol. The summed E-state index contributed by atoms with van der Waals surface area (Å²) >= 11 is 1.20. The Morgan fingerprint density at radius 2 is 2.21 bits per heavy atom. The van der Waals surface area contributed by atoms with Gasteiger partial charge < -0.3 is 15.1 Å². The second-order valence-corrected chi connectivity index (χ2v) is 7.94. The van der Waals surface area contributed by atoms with Crippen molar-refractivity contribution in [3.8, 4) is 11.8 Å². The quantitative estimate of drug-likeness (QED) is 0.513. The zero-order chi connectivity index (χ0) is 20.5. The van der Waals surface area contributed by atoms with Gasteiger partial charge in [0.15, 0.2) is 0 Å². The van der Waals surface area contributed by atoms with Crippen LogP contribution in [0.1, 0.15) is 54.1 Å². The molecule has 3 atom stereocenters. The minimum absolute atomic E-state index is 0.0290. The van der Waals surface area contributed by atoms with E-state index in [1.807, 2.05) is 32.1 Å². The van der Waals surface area contributed by atoms with Gasteiger partial charge in [-0.2, -0.15) is 0 Å². The van der Waals surface area contributed by atoms with Crippen molar-refractivity contribution in [3.63, 3.8) is 0 Å². The number of hydrogen-bond donors (Lipinski definition) is 2. The van der Waals surface area contributed by atoms with Crippen LogP contribution in [0.2, 0.25) is 0 Å². The highest BCUT2D eigenvalue weighted by atomic mass is 32.1. The lowest BCUT2D eigenvalue weighted by molar-refractivity contribution is -0.127. The summed E-state index contributed by atoms with van der Waals surface area (Å²) in [5.74, 6) is 5.27. The van der Waals surface area contributed by atoms with Crippen LogP contribution < -0.4 is 0 Å². The van der Waals surface area contributed by atoms with Crippen LogP contribution in [-0.2, 0) is 4.79 Å². The summed E-state index contributed by atoms with van der Waals surface area (Å²) in [6.45, 7) is 4.42. The van der Waals surface area contributed by atoms with Gasteiger partial charge in [0, 0.05) is 30.7 Å². The van der Waals surface area contributed by atoms with Crippen molar-refractivity contribution in [2.75, 3.05) is 6.54 Å². The first-order chi connectivity index (χ1) is 13.4. The van der Waals surface area contributed by atoms with Crippen molar-refractivity contribution < 1.29 is 19.8 Å². The van der Waals surface area contributed by atoms with E-state index in [1.54, 1.807) is 23.1 Å². The summed E-state index contributed by atoms with van der Waals surface area (Å²) in [7, 11) is 0. The average Bonchev–Trinajstić information content (AvgIpc) is 3.27. The summed E-state index contributed by atoms with van der Waals surface area (Å²) in [6.07, 6.45) is 9.52. The van der Waals surface area contributed by atoms with Crippen LogP contribution in [-0.4, -0.2) is 45.7 Å². The molecule has 1 amide bonds. The van der Waals surface area contributed by atoms with Gasteiger partial charge in [-0.1, -0.05) is 32.1 Å². The smallest absolute Gasteiger partial charge is 0.345 e. The summed E-state index contributed by atoms with van der Waals surface area (Å²) in [4.78, 5) is 26.0. The minimum atomic E-state index is -0.932. The Balaban J connectivity index is 1.92. The van der Waals surface area contributed by atoms with Gasteiger partial charge in [0.25, 0.3) is 0 Å². The number of aliphatic hydroxyl groups is 1. The van der Waals surface area contributed by atoms with Crippen molar-refractivity contribution in [1.82, 2.24) is 4.90 Å². The maximum Gasteiger partial charge on any atom is 0.345 e. The number of aliphatic hydroxyl groups excluding tert-OH is 1. The van der Waals surface area contributed by atoms with Gasteiger partial charge in [-0.3, -0.25) is 4.79 Å². The van der Waals surface area contributed by atoms with Crippen molar-refractivity contribution in [1.29, 1.82) is 0 Å². The van der Waals surface area contributed by atoms with Gasteiger partial charge >= 0.3 is 5.97 Å². The molecule has 0 saturated carbocycles. The molecule has 150 valence electrons. The van der Waals surface area contributed by atoms with Gasteiger partial charge in [-0.25, -0.2) is 4.79 Å². The van der Waals surface area contributed by atoms with Crippen LogP contribution in [0.4, 0.5) is 0 Å². The third-order valence-electron chi connectivity index (χ3n) is 4.64. The lowest BCUT2D eigenvalue weighted by atomic mass is 10.00. The second-order valence-electron chi connectivity index (χ2n) is 6.83. The molecule has 1 aliphatic rings. The SMILES string of the molecule is CCC#CCC(C)C(O)/C=C/C1CCC(=O)N1C/C=C\c1ccc(C(=O)O)s1. The molecule has 0 bridgehead atoms. The van der Waals surface area contributed by atoms with E-state index in [2.05, 4.69) is 11.8 Å². The Kier molecular flexibility index (Phi) is 8.49. The molecule has 1 fully saturated rings. The zero-order valence-electron chi connectivity index (χ0n) is 16.3. The van der Waals surface area contributed by atoms with E-state index in [0.29, 0.717) is 24.3 Å². The lowest BCUT2D eigenvalue weighted by Gasteiger charge is -2.21. The maximum absolute atomic E-state index is 12.2. The molecule has 1 saturated heterocycles. The number of nitrogens with zero attached hydrogens (tertiary/aromatic N) is 1. The van der Waals surface area contributed by atoms with Gasteiger partial charge in [-0.05, 0) is 30.5 Å². The Hall–Kier alpha value is -2.36. The molecule has 0 radical (unpaired) electrons. The molecule has 2 rings (SSSR count). The van der Waals surface area contributed by atoms with Crippen molar-refractivity contribution in [2.24, 2.45) is 5.92 Å². The predicted molar refractivity (Wildman–Crippen MR) is 112 cm³/mol. The first-order valence-corrected chi connectivity index (χ1v) is 10.3. The largest absolute Gasteiger partial charge is 0.477 e. The third kappa shape index (κ3) is 6.36. The van der Waals surface area contributed by atoms with Crippen LogP contribution >= 0.6 is 11.3 Å². The van der Waals surface area contributed by atoms with E-state index >= 15 is 0 Å². The fraction of sp³-hybridized carbons (Fsp3) is 0.455. The van der Waals surface area contributed by atoms with Crippen molar-refractivity contribution >= 4 is 29.3 Å². The van der Waals surface area contributed by atoms with E-state index in [4.69, 9.17) is 5.11 Å². The molecule has 6 heteroatoms. The number of likely N-dealkylation sites (tertiary alicyclic amines) is 1. The molecule has 2 N–H and O–H groups in total. The third-order valence-corrected chi connectivity index (χ3v) is 5.67. The van der Waals surface area contributed by atoms with Crippen LogP contribution in [0.25, 0.3) is 6.08 Å². The van der Waals surface area contributed by atoms with Crippen molar-refractivity contribution in [2.45, 2.75) is 51.7 Å². The summed E-state index contributed by atoms with van der Waals surface area (Å²) in [6, 6.07) is 3.30. The number of carbonyl (C=O) groups excluding carboxylic acids is 1. The number of rotatable bonds is 8. The minimum Gasteiger partial charge on any atom is -0.477 e. The lowest BCUT2D eigenvalue weighted by Crippen LogP contribution is -2.32. The Morgan fingerprint density at radius 3 is 2.89 bits per heavy atom. The number of carboxylic acid groups (broad SMARTS) is 1. The molecular weight excluding hydrogens is 374 g/mol. The van der Waals surface area contributed by atoms with E-state index in [-0.39, 0.29) is 17.9 Å². The molecule has 0 aromatic carbocycles. The number of amides is 1. The Morgan fingerprint density at radius 1 is 1.43 bits per heavy atom. The standard InChI is InChI=1S/C22H27NO4S/c1-3-4-5-7-16(2)19(24)12-9-17-10-14-21(25)23(17)15-6-8-18-11-13-20(28-18)22(26)27/h6,8-9,11-13,16-17,19,24H,3,7,10,14-15H2,1-2H3,(H,26,27)/b8-6-,12-9+. The van der Waals surface area contributed by atoms with Crippen LogP contribution in [0.5, 0.6) is 0 Å². The topological polar surface area (TPSA) is 77.8 Å². The molecular formula is C22H27NO4S. The average molecular weight is 402 g/mol. The molecule has 2 heterocycles. The number of hydrogen-bond acceptors (Lipinski definition) is 4. The van der Waals surface area contributed by atoms with Crippen LogP contribution in [0.15, 0.2) is 30.4 Å². The second kappa shape index (κ2) is 10.8. The molecule has 1 aliphatic heterocycles. The van der Waals surface area contributed by atoms with Crippen LogP contribution in [0.3, 0.4) is 0 Å². The van der Waals surface area contributed by atoms with E-state index in [0.717, 1.165) is 17.7 Å². The van der Waals surface area contributed by atoms with Gasteiger partial charge in [0.1, 0.15) is 4.88 Å². The highest BCUT2D eigenvalue weighted by Crippen LogP contribution is 2.22. The van der Waals surface area contributed by atoms with Gasteiger partial charge in [0.2, 0.25) is 5.91 Å². The highest BCUT2D eigenvalue weighted by Gasteiger charge is 2.28. The van der Waals surface area contributed by atoms with Crippen LogP contribution in [0, 0.1) is 17.8 Å². The molecule has 3 unspecified atom stereocenters. The molecule has 0 aliphatic carbocycles. The predicted octanol–water partition coefficient (Wildman–Crippen LogP) is 3.81. The Labute approximate surface area is 170 Å². The summed E-state index contributed by atoms with van der Waals surface area (Å²) in [5.41, 5.74) is 0. The fourth-order valence-electron chi connectivity index (χ4n) is 2.94. The molecule has 5 nitrogen and oxygen atoms in total. The molecule has 28 heavy (non-hydrogen) atoms. The van der Waals surface area contributed by atoms with E-state index < -0.39 is 12.1 Å². The van der Waals surface area contributed by atoms with Gasteiger partial charge in [0.05, 0.1) is 12.1 Å². The first-order valence-electron chi connectivity index (χ1n) is 9.53. The summed E-state index contributed by atoms with van der Waals surface area (Å²) in [5, 5.41) is 19.2. The highest BCUT2D eigenvalue weighted by molar-refractivity contribution is 7.14. The maximum atomic E-state index is 12.2. The number of carbonyl (C=O) groups is 2. The van der Waals surface area contributed by atoms with E-state index in [9.17, 15) is 14.7 Å².